The van der Waals surface area contributed by atoms with Crippen LogP contribution in [0.4, 0.5) is 61.5 Å². The molecule has 0 saturated heterocycles. The van der Waals surface area contributed by atoms with Crippen molar-refractivity contribution in [3.63, 3.8) is 0 Å². The Labute approximate surface area is 235 Å². The van der Waals surface area contributed by atoms with Crippen molar-refractivity contribution in [3.05, 3.63) is 0 Å². The number of halogens is 14. The summed E-state index contributed by atoms with van der Waals surface area (Å²) >= 11 is -2.69. The topological polar surface area (TPSA) is 68.3 Å². The van der Waals surface area contributed by atoms with Crippen LogP contribution in [0.1, 0.15) is 40.5 Å². The van der Waals surface area contributed by atoms with E-state index in [2.05, 4.69) is 0 Å². The third-order valence-electron chi connectivity index (χ3n) is 5.96. The molecule has 19 heteroatoms. The molecule has 39 heavy (non-hydrogen) atoms. The second kappa shape index (κ2) is 11.9. The molecule has 0 spiro atoms. The summed E-state index contributed by atoms with van der Waals surface area (Å²) in [7, 11) is 0. The van der Waals surface area contributed by atoms with Crippen molar-refractivity contribution in [2.75, 3.05) is 0 Å². The average Bonchev–Trinajstić information content (AvgIpc) is 2.70. The van der Waals surface area contributed by atoms with Crippen LogP contribution in [0.15, 0.2) is 0 Å². The summed E-state index contributed by atoms with van der Waals surface area (Å²) in [6, 6.07) is 0. The first-order chi connectivity index (χ1) is 16.8. The predicted octanol–water partition coefficient (Wildman–Crippen LogP) is 6.30. The van der Waals surface area contributed by atoms with Crippen molar-refractivity contribution in [1.29, 1.82) is 0 Å². The molecule has 0 aromatic carbocycles. The fourth-order valence-electron chi connectivity index (χ4n) is 2.95. The Kier molecular flexibility index (Phi) is 11.6. The summed E-state index contributed by atoms with van der Waals surface area (Å²) in [6.45, 7) is 4.06. The second-order valence-electron chi connectivity index (χ2n) is 9.96. The van der Waals surface area contributed by atoms with E-state index in [1.165, 1.54) is 0 Å². The maximum absolute atomic E-state index is 13.5. The summed E-state index contributed by atoms with van der Waals surface area (Å²) in [5, 5.41) is 0. The van der Waals surface area contributed by atoms with E-state index in [4.69, 9.17) is 0 Å². The quantitative estimate of drug-likeness (QED) is 0.120. The van der Waals surface area contributed by atoms with Crippen LogP contribution in [0.5, 0.6) is 0 Å². The second-order valence-corrected chi connectivity index (χ2v) is 15.3. The van der Waals surface area contributed by atoms with Crippen LogP contribution in [-0.2, 0) is 19.2 Å². The van der Waals surface area contributed by atoms with E-state index in [9.17, 15) is 80.6 Å². The first-order valence-corrected chi connectivity index (χ1v) is 16.9. The van der Waals surface area contributed by atoms with Gasteiger partial charge in [-0.1, -0.05) is 0 Å². The number of ketones is 4. The number of hydrogen-bond acceptors (Lipinski definition) is 4. The van der Waals surface area contributed by atoms with Gasteiger partial charge < -0.3 is 0 Å². The molecule has 4 nitrogen and oxygen atoms in total. The number of carbonyl (C=O) groups is 4. The van der Waals surface area contributed by atoms with Crippen LogP contribution in [0, 0.1) is 10.8 Å². The molecular formula is C20H20BaF14O4. The molecule has 0 fully saturated rings. The molecule has 0 aliphatic carbocycles. The number of alkyl halides is 14. The fourth-order valence-corrected chi connectivity index (χ4v) is 10.8. The molecule has 0 unspecified atom stereocenters. The van der Waals surface area contributed by atoms with E-state index >= 15 is 0 Å². The zero-order valence-corrected chi connectivity index (χ0v) is 24.9. The number of hydrogen-bond donors (Lipinski definition) is 0. The first-order valence-electron chi connectivity index (χ1n) is 10.6. The van der Waals surface area contributed by atoms with Crippen LogP contribution in [0.25, 0.3) is 0 Å². The molecule has 0 rings (SSSR count). The van der Waals surface area contributed by atoms with Gasteiger partial charge in [-0.15, -0.1) is 0 Å². The van der Waals surface area contributed by atoms with Crippen LogP contribution in [-0.4, -0.2) is 103 Å². The zero-order valence-electron chi connectivity index (χ0n) is 20.5. The monoisotopic (exact) mass is 728 g/mol. The molecule has 0 radical (unpaired) electrons. The van der Waals surface area contributed by atoms with E-state index < -0.39 is 127 Å². The molecule has 0 amide bonds. The third kappa shape index (κ3) is 8.18. The standard InChI is InChI=1S/2C10H10F7O2.Ba/c2*1-7(2,3)5(18)4-6(19)8(11,12)9(13,14)10(15,16)17;/h2*1,4H2,2-3H3;. The van der Waals surface area contributed by atoms with Gasteiger partial charge in [0.25, 0.3) is 0 Å². The summed E-state index contributed by atoms with van der Waals surface area (Å²) < 4.78 is 179. The van der Waals surface area contributed by atoms with Crippen molar-refractivity contribution in [2.24, 2.45) is 10.8 Å². The van der Waals surface area contributed by atoms with Crippen molar-refractivity contribution >= 4 is 67.3 Å². The van der Waals surface area contributed by atoms with E-state index in [-0.39, 0.29) is 1.78 Å². The van der Waals surface area contributed by atoms with E-state index in [0.29, 0.717) is 0 Å². The van der Waals surface area contributed by atoms with Gasteiger partial charge in [0.1, 0.15) is 0 Å². The van der Waals surface area contributed by atoms with Crippen molar-refractivity contribution in [2.45, 2.75) is 78.4 Å². The van der Waals surface area contributed by atoms with E-state index in [1.54, 1.807) is 0 Å². The minimum atomic E-state index is -6.81. The van der Waals surface area contributed by atoms with Gasteiger partial charge in [0.15, 0.2) is 0 Å². The van der Waals surface area contributed by atoms with Gasteiger partial charge in [-0.3, -0.25) is 0 Å². The molecule has 224 valence electrons. The third-order valence-corrected chi connectivity index (χ3v) is 16.0. The number of Topliss-reactive ketones (excluding diaryl/α,β-unsaturated/α-hetero) is 4. The Morgan fingerprint density at radius 1 is 0.462 bits per heavy atom. The number of rotatable bonds is 14. The molecule has 0 aromatic rings. The first kappa shape index (κ1) is 38.3. The Hall–Kier alpha value is -0.729. The molecule has 0 aliphatic heterocycles. The van der Waals surface area contributed by atoms with Gasteiger partial charge in [-0.05, 0) is 0 Å². The van der Waals surface area contributed by atoms with Crippen LogP contribution in [0.3, 0.4) is 0 Å². The SMILES string of the molecule is CC(C)([CH2][Ba][CH2]C(C)(C)C(=O)CC(=O)C(F)(F)C(F)(F)C(F)(F)F)C(=O)CC(=O)C(F)(F)C(F)(F)C(F)(F)F. The fraction of sp³-hybridized carbons (Fsp3) is 0.800. The molecule has 0 atom stereocenters. The van der Waals surface area contributed by atoms with Gasteiger partial charge in [0.2, 0.25) is 0 Å². The summed E-state index contributed by atoms with van der Waals surface area (Å²) in [5.41, 5.74) is -3.53. The molecular weight excluding hydrogens is 708 g/mol. The van der Waals surface area contributed by atoms with Crippen molar-refractivity contribution < 1.29 is 80.6 Å². The zero-order chi connectivity index (χ0) is 31.8. The van der Waals surface area contributed by atoms with E-state index in [0.717, 1.165) is 27.7 Å². The molecule has 0 heterocycles. The van der Waals surface area contributed by atoms with Gasteiger partial charge in [0.05, 0.1) is 0 Å². The molecule has 0 aliphatic rings. The average molecular weight is 728 g/mol. The van der Waals surface area contributed by atoms with Gasteiger partial charge in [-0.25, -0.2) is 0 Å². The molecule has 0 N–H and O–H groups in total. The van der Waals surface area contributed by atoms with Crippen LogP contribution < -0.4 is 0 Å². The summed E-state index contributed by atoms with van der Waals surface area (Å²) in [5.74, 6) is -35.0. The van der Waals surface area contributed by atoms with Crippen molar-refractivity contribution in [3.8, 4) is 0 Å². The van der Waals surface area contributed by atoms with Gasteiger partial charge in [0, 0.05) is 0 Å². The minimum absolute atomic E-state index is 0.257. The summed E-state index contributed by atoms with van der Waals surface area (Å²) in [4.78, 5) is 47.4. The molecule has 0 saturated carbocycles. The normalized spacial score (nSPS) is 14.6. The van der Waals surface area contributed by atoms with E-state index in [1.807, 2.05) is 0 Å². The maximum atomic E-state index is 13.5. The Bertz CT molecular complexity index is 888. The van der Waals surface area contributed by atoms with Crippen LogP contribution in [0.2, 0.25) is 1.78 Å². The predicted molar refractivity (Wildman–Crippen MR) is 104 cm³/mol. The molecule has 0 aromatic heterocycles. The van der Waals surface area contributed by atoms with Crippen molar-refractivity contribution in [1.82, 2.24) is 0 Å². The summed E-state index contributed by atoms with van der Waals surface area (Å²) in [6.07, 6.45) is -17.7. The molecule has 0 bridgehead atoms. The Morgan fingerprint density at radius 2 is 0.692 bits per heavy atom. The Morgan fingerprint density at radius 3 is 0.897 bits per heavy atom. The van der Waals surface area contributed by atoms with Crippen LogP contribution >= 0.6 is 0 Å². The Balaban J connectivity index is 5.34. The van der Waals surface area contributed by atoms with Gasteiger partial charge in [-0.2, -0.15) is 0 Å². The van der Waals surface area contributed by atoms with Gasteiger partial charge >= 0.3 is 237 Å². The number of carbonyl (C=O) groups excluding carboxylic acids is 4.